The highest BCUT2D eigenvalue weighted by atomic mass is 16.5. The van der Waals surface area contributed by atoms with Crippen molar-refractivity contribution in [2.45, 2.75) is 31.8 Å². The van der Waals surface area contributed by atoms with Gasteiger partial charge in [0.25, 0.3) is 0 Å². The Morgan fingerprint density at radius 1 is 1.44 bits per heavy atom. The molecule has 3 nitrogen and oxygen atoms in total. The third-order valence-corrected chi connectivity index (χ3v) is 3.07. The molecule has 0 aliphatic heterocycles. The molecule has 16 heavy (non-hydrogen) atoms. The largest absolute Gasteiger partial charge is 0.467 e. The van der Waals surface area contributed by atoms with Crippen LogP contribution < -0.4 is 0 Å². The summed E-state index contributed by atoms with van der Waals surface area (Å²) in [7, 11) is 1.29. The van der Waals surface area contributed by atoms with Crippen molar-refractivity contribution in [1.82, 2.24) is 0 Å². The SMILES string of the molecule is COC(=O)C(O)Cc1ccc2c(c1)CCC2. The summed E-state index contributed by atoms with van der Waals surface area (Å²) >= 11 is 0. The van der Waals surface area contributed by atoms with Crippen LogP contribution in [0, 0.1) is 0 Å². The van der Waals surface area contributed by atoms with Crippen molar-refractivity contribution < 1.29 is 14.6 Å². The number of ether oxygens (including phenoxy) is 1. The molecule has 86 valence electrons. The highest BCUT2D eigenvalue weighted by Crippen LogP contribution is 2.23. The van der Waals surface area contributed by atoms with Gasteiger partial charge in [-0.25, -0.2) is 4.79 Å². The quantitative estimate of drug-likeness (QED) is 0.780. The summed E-state index contributed by atoms with van der Waals surface area (Å²) in [5.74, 6) is -0.569. The van der Waals surface area contributed by atoms with Gasteiger partial charge in [0.1, 0.15) is 0 Å². The molecular weight excluding hydrogens is 204 g/mol. The second-order valence-electron chi connectivity index (χ2n) is 4.20. The first-order valence-electron chi connectivity index (χ1n) is 5.57. The number of hydrogen-bond donors (Lipinski definition) is 1. The minimum absolute atomic E-state index is 0.333. The van der Waals surface area contributed by atoms with Crippen molar-refractivity contribution in [3.63, 3.8) is 0 Å². The molecule has 1 aliphatic carbocycles. The molecule has 1 aromatic rings. The number of aliphatic hydroxyl groups is 1. The number of aliphatic hydroxyl groups excluding tert-OH is 1. The molecule has 2 rings (SSSR count). The van der Waals surface area contributed by atoms with E-state index in [2.05, 4.69) is 16.9 Å². The minimum atomic E-state index is -1.05. The predicted molar refractivity (Wildman–Crippen MR) is 60.2 cm³/mol. The van der Waals surface area contributed by atoms with Crippen LogP contribution in [0.15, 0.2) is 18.2 Å². The molecule has 1 unspecified atom stereocenters. The van der Waals surface area contributed by atoms with E-state index >= 15 is 0 Å². The zero-order valence-electron chi connectivity index (χ0n) is 9.40. The molecule has 0 aromatic heterocycles. The first-order chi connectivity index (χ1) is 7.70. The monoisotopic (exact) mass is 220 g/mol. The van der Waals surface area contributed by atoms with E-state index in [1.807, 2.05) is 6.07 Å². The van der Waals surface area contributed by atoms with Gasteiger partial charge in [-0.2, -0.15) is 0 Å². The second-order valence-corrected chi connectivity index (χ2v) is 4.20. The fourth-order valence-corrected chi connectivity index (χ4v) is 2.19. The van der Waals surface area contributed by atoms with E-state index in [-0.39, 0.29) is 0 Å². The molecule has 0 radical (unpaired) electrons. The smallest absolute Gasteiger partial charge is 0.335 e. The molecule has 1 aromatic carbocycles. The number of esters is 1. The van der Waals surface area contributed by atoms with E-state index in [4.69, 9.17) is 0 Å². The fourth-order valence-electron chi connectivity index (χ4n) is 2.19. The lowest BCUT2D eigenvalue weighted by atomic mass is 10.0. The van der Waals surface area contributed by atoms with Crippen molar-refractivity contribution >= 4 is 5.97 Å². The Bertz CT molecular complexity index is 398. The van der Waals surface area contributed by atoms with E-state index in [0.717, 1.165) is 18.4 Å². The molecule has 0 amide bonds. The van der Waals surface area contributed by atoms with E-state index in [0.29, 0.717) is 6.42 Å². The average molecular weight is 220 g/mol. The van der Waals surface area contributed by atoms with Gasteiger partial charge < -0.3 is 9.84 Å². The summed E-state index contributed by atoms with van der Waals surface area (Å²) in [6.07, 6.45) is 2.75. The lowest BCUT2D eigenvalue weighted by molar-refractivity contribution is -0.150. The standard InChI is InChI=1S/C13H16O3/c1-16-13(15)12(14)8-9-5-6-10-3-2-4-11(10)7-9/h5-7,12,14H,2-4,8H2,1H3. The topological polar surface area (TPSA) is 46.5 Å². The number of benzene rings is 1. The lowest BCUT2D eigenvalue weighted by Gasteiger charge is -2.09. The van der Waals surface area contributed by atoms with Crippen LogP contribution in [-0.2, 0) is 28.8 Å². The van der Waals surface area contributed by atoms with Crippen LogP contribution in [0.5, 0.6) is 0 Å². The Morgan fingerprint density at radius 2 is 2.19 bits per heavy atom. The first-order valence-corrected chi connectivity index (χ1v) is 5.57. The van der Waals surface area contributed by atoms with Gasteiger partial charge in [0.2, 0.25) is 0 Å². The van der Waals surface area contributed by atoms with Crippen LogP contribution in [0.1, 0.15) is 23.1 Å². The molecule has 0 saturated heterocycles. The summed E-state index contributed by atoms with van der Waals surface area (Å²) in [5, 5.41) is 9.55. The molecular formula is C13H16O3. The van der Waals surface area contributed by atoms with E-state index in [9.17, 15) is 9.90 Å². The minimum Gasteiger partial charge on any atom is -0.467 e. The number of methoxy groups -OCH3 is 1. The Morgan fingerprint density at radius 3 is 2.94 bits per heavy atom. The van der Waals surface area contributed by atoms with Gasteiger partial charge >= 0.3 is 5.97 Å². The van der Waals surface area contributed by atoms with Gasteiger partial charge in [-0.3, -0.25) is 0 Å². The number of hydrogen-bond acceptors (Lipinski definition) is 3. The summed E-state index contributed by atoms with van der Waals surface area (Å²) < 4.78 is 4.49. The second kappa shape index (κ2) is 4.66. The van der Waals surface area contributed by atoms with Gasteiger partial charge in [0.15, 0.2) is 6.10 Å². The Kier molecular flexibility index (Phi) is 3.25. The maximum atomic E-state index is 11.1. The Hall–Kier alpha value is -1.35. The third kappa shape index (κ3) is 2.25. The number of aryl methyl sites for hydroxylation is 2. The Labute approximate surface area is 95.0 Å². The highest BCUT2D eigenvalue weighted by Gasteiger charge is 2.17. The van der Waals surface area contributed by atoms with E-state index < -0.39 is 12.1 Å². The number of fused-ring (bicyclic) bond motifs is 1. The van der Waals surface area contributed by atoms with Crippen molar-refractivity contribution in [3.05, 3.63) is 34.9 Å². The highest BCUT2D eigenvalue weighted by molar-refractivity contribution is 5.74. The van der Waals surface area contributed by atoms with Gasteiger partial charge in [-0.05, 0) is 36.0 Å². The predicted octanol–water partition coefficient (Wildman–Crippen LogP) is 1.25. The van der Waals surface area contributed by atoms with Crippen LogP contribution in [0.2, 0.25) is 0 Å². The molecule has 3 heteroatoms. The summed E-state index contributed by atoms with van der Waals surface area (Å²) in [6, 6.07) is 6.17. The van der Waals surface area contributed by atoms with Crippen molar-refractivity contribution in [2.75, 3.05) is 7.11 Å². The maximum absolute atomic E-state index is 11.1. The molecule has 1 aliphatic rings. The van der Waals surface area contributed by atoms with Crippen LogP contribution >= 0.6 is 0 Å². The van der Waals surface area contributed by atoms with E-state index in [1.165, 1.54) is 24.7 Å². The molecule has 0 fully saturated rings. The van der Waals surface area contributed by atoms with Gasteiger partial charge in [0.05, 0.1) is 7.11 Å². The molecule has 0 spiro atoms. The zero-order chi connectivity index (χ0) is 11.5. The summed E-state index contributed by atoms with van der Waals surface area (Å²) in [6.45, 7) is 0. The maximum Gasteiger partial charge on any atom is 0.335 e. The van der Waals surface area contributed by atoms with Gasteiger partial charge in [-0.15, -0.1) is 0 Å². The zero-order valence-corrected chi connectivity index (χ0v) is 9.40. The van der Waals surface area contributed by atoms with Crippen molar-refractivity contribution in [3.8, 4) is 0 Å². The molecule has 1 N–H and O–H groups in total. The summed E-state index contributed by atoms with van der Waals surface area (Å²) in [5.41, 5.74) is 3.75. The normalized spacial score (nSPS) is 15.6. The van der Waals surface area contributed by atoms with Crippen molar-refractivity contribution in [2.24, 2.45) is 0 Å². The number of carbonyl (C=O) groups excluding carboxylic acids is 1. The van der Waals surface area contributed by atoms with Crippen LogP contribution in [0.4, 0.5) is 0 Å². The molecule has 0 saturated carbocycles. The average Bonchev–Trinajstić information content (AvgIpc) is 2.75. The first kappa shape index (κ1) is 11.1. The third-order valence-electron chi connectivity index (χ3n) is 3.07. The summed E-state index contributed by atoms with van der Waals surface area (Å²) in [4.78, 5) is 11.1. The fraction of sp³-hybridized carbons (Fsp3) is 0.462. The Balaban J connectivity index is 2.08. The molecule has 0 heterocycles. The van der Waals surface area contributed by atoms with Gasteiger partial charge in [-0.1, -0.05) is 18.2 Å². The van der Waals surface area contributed by atoms with E-state index in [1.54, 1.807) is 0 Å². The van der Waals surface area contributed by atoms with Crippen LogP contribution in [0.3, 0.4) is 0 Å². The molecule has 0 bridgehead atoms. The van der Waals surface area contributed by atoms with Crippen LogP contribution in [0.25, 0.3) is 0 Å². The number of rotatable bonds is 3. The van der Waals surface area contributed by atoms with Gasteiger partial charge in [0, 0.05) is 6.42 Å². The van der Waals surface area contributed by atoms with Crippen molar-refractivity contribution in [1.29, 1.82) is 0 Å². The van der Waals surface area contributed by atoms with Crippen LogP contribution in [-0.4, -0.2) is 24.3 Å². The molecule has 1 atom stereocenters. The number of carbonyl (C=O) groups is 1. The lowest BCUT2D eigenvalue weighted by Crippen LogP contribution is -2.24.